The van der Waals surface area contributed by atoms with Crippen LogP contribution in [0.3, 0.4) is 0 Å². The van der Waals surface area contributed by atoms with Crippen LogP contribution in [0, 0.1) is 11.7 Å². The predicted molar refractivity (Wildman–Crippen MR) is 54.9 cm³/mol. The molecule has 1 N–H and O–H groups in total. The molecule has 4 heteroatoms. The van der Waals surface area contributed by atoms with Gasteiger partial charge in [-0.3, -0.25) is 4.79 Å². The van der Waals surface area contributed by atoms with Gasteiger partial charge in [-0.25, -0.2) is 4.39 Å². The van der Waals surface area contributed by atoms with Crippen molar-refractivity contribution in [1.29, 1.82) is 0 Å². The van der Waals surface area contributed by atoms with Crippen molar-refractivity contribution in [3.63, 3.8) is 0 Å². The number of carbonyl (C=O) groups is 1. The van der Waals surface area contributed by atoms with Gasteiger partial charge in [-0.05, 0) is 12.1 Å². The summed E-state index contributed by atoms with van der Waals surface area (Å²) in [6.07, 6.45) is 0. The summed E-state index contributed by atoms with van der Waals surface area (Å²) in [7, 11) is 0. The van der Waals surface area contributed by atoms with Crippen LogP contribution in [0.4, 0.5) is 10.1 Å². The van der Waals surface area contributed by atoms with Gasteiger partial charge in [0.25, 0.3) is 0 Å². The van der Waals surface area contributed by atoms with Gasteiger partial charge >= 0.3 is 0 Å². The second-order valence-electron chi connectivity index (χ2n) is 3.24. The van der Waals surface area contributed by atoms with E-state index in [9.17, 15) is 9.18 Å². The first-order valence-electron chi connectivity index (χ1n) is 4.27. The molecule has 76 valence electrons. The molecule has 14 heavy (non-hydrogen) atoms. The van der Waals surface area contributed by atoms with Gasteiger partial charge < -0.3 is 5.32 Å². The molecule has 2 nitrogen and oxygen atoms in total. The summed E-state index contributed by atoms with van der Waals surface area (Å²) < 4.78 is 13.2. The lowest BCUT2D eigenvalue weighted by Crippen LogP contribution is -2.18. The maximum Gasteiger partial charge on any atom is 0.227 e. The first-order chi connectivity index (χ1) is 6.52. The molecule has 0 bridgehead atoms. The molecule has 1 aromatic carbocycles. The van der Waals surface area contributed by atoms with E-state index in [1.165, 1.54) is 18.2 Å². The molecule has 0 radical (unpaired) electrons. The Kier molecular flexibility index (Phi) is 3.47. The fourth-order valence-corrected chi connectivity index (χ4v) is 1.10. The van der Waals surface area contributed by atoms with Crippen LogP contribution in [0.25, 0.3) is 0 Å². The average molecular weight is 216 g/mol. The first-order valence-corrected chi connectivity index (χ1v) is 4.65. The Hall–Kier alpha value is -1.09. The van der Waals surface area contributed by atoms with Crippen molar-refractivity contribution in [1.82, 2.24) is 0 Å². The minimum absolute atomic E-state index is 0.0490. The molecule has 1 rings (SSSR count). The molecule has 0 heterocycles. The lowest BCUT2D eigenvalue weighted by atomic mass is 10.2. The third-order valence-electron chi connectivity index (χ3n) is 1.74. The molecule has 0 unspecified atom stereocenters. The molecule has 0 aliphatic rings. The van der Waals surface area contributed by atoms with E-state index in [-0.39, 0.29) is 22.5 Å². The second-order valence-corrected chi connectivity index (χ2v) is 3.65. The lowest BCUT2D eigenvalue weighted by molar-refractivity contribution is -0.118. The Morgan fingerprint density at radius 2 is 2.14 bits per heavy atom. The number of benzene rings is 1. The Morgan fingerprint density at radius 3 is 2.64 bits per heavy atom. The number of amides is 1. The SMILES string of the molecule is CC(C)C(=O)Nc1c(F)cccc1Cl. The maximum atomic E-state index is 13.2. The summed E-state index contributed by atoms with van der Waals surface area (Å²) in [5, 5.41) is 2.64. The van der Waals surface area contributed by atoms with Gasteiger partial charge in [-0.15, -0.1) is 0 Å². The number of para-hydroxylation sites is 1. The Balaban J connectivity index is 2.91. The van der Waals surface area contributed by atoms with Crippen molar-refractivity contribution in [2.24, 2.45) is 5.92 Å². The fourth-order valence-electron chi connectivity index (χ4n) is 0.885. The molecule has 0 aliphatic carbocycles. The quantitative estimate of drug-likeness (QED) is 0.807. The van der Waals surface area contributed by atoms with Crippen LogP contribution in [0.2, 0.25) is 5.02 Å². The van der Waals surface area contributed by atoms with Crippen molar-refractivity contribution >= 4 is 23.2 Å². The molecule has 0 fully saturated rings. The first kappa shape index (κ1) is 11.0. The molecule has 0 aliphatic heterocycles. The summed E-state index contributed by atoms with van der Waals surface area (Å²) in [4.78, 5) is 11.3. The molecule has 1 amide bonds. The van der Waals surface area contributed by atoms with E-state index in [0.29, 0.717) is 0 Å². The predicted octanol–water partition coefficient (Wildman–Crippen LogP) is 3.07. The number of halogens is 2. The molecular weight excluding hydrogens is 205 g/mol. The van der Waals surface area contributed by atoms with Gasteiger partial charge in [0.1, 0.15) is 5.82 Å². The normalized spacial score (nSPS) is 10.4. The Labute approximate surface area is 87.1 Å². The summed E-state index contributed by atoms with van der Waals surface area (Å²) in [6, 6.07) is 4.27. The van der Waals surface area contributed by atoms with E-state index in [0.717, 1.165) is 0 Å². The van der Waals surface area contributed by atoms with Crippen molar-refractivity contribution in [2.75, 3.05) is 5.32 Å². The minimum atomic E-state index is -0.522. The van der Waals surface area contributed by atoms with Crippen LogP contribution in [0.5, 0.6) is 0 Å². The number of anilines is 1. The number of hydrogen-bond donors (Lipinski definition) is 1. The molecule has 0 atom stereocenters. The third kappa shape index (κ3) is 2.45. The van der Waals surface area contributed by atoms with Gasteiger partial charge in [0.15, 0.2) is 0 Å². The highest BCUT2D eigenvalue weighted by Gasteiger charge is 2.12. The third-order valence-corrected chi connectivity index (χ3v) is 2.05. The van der Waals surface area contributed by atoms with E-state index in [1.54, 1.807) is 13.8 Å². The monoisotopic (exact) mass is 215 g/mol. The second kappa shape index (κ2) is 4.42. The van der Waals surface area contributed by atoms with E-state index < -0.39 is 5.82 Å². The maximum absolute atomic E-state index is 13.2. The van der Waals surface area contributed by atoms with E-state index in [2.05, 4.69) is 5.32 Å². The molecule has 0 aromatic heterocycles. The summed E-state index contributed by atoms with van der Waals surface area (Å²) >= 11 is 5.72. The largest absolute Gasteiger partial charge is 0.322 e. The fraction of sp³-hybridized carbons (Fsp3) is 0.300. The van der Waals surface area contributed by atoms with Crippen LogP contribution in [-0.2, 0) is 4.79 Å². The average Bonchev–Trinajstić information content (AvgIpc) is 2.11. The highest BCUT2D eigenvalue weighted by Crippen LogP contribution is 2.24. The van der Waals surface area contributed by atoms with E-state index in [1.807, 2.05) is 0 Å². The van der Waals surface area contributed by atoms with E-state index in [4.69, 9.17) is 11.6 Å². The Morgan fingerprint density at radius 1 is 1.50 bits per heavy atom. The zero-order chi connectivity index (χ0) is 10.7. The van der Waals surface area contributed by atoms with Crippen molar-refractivity contribution in [3.05, 3.63) is 29.0 Å². The van der Waals surface area contributed by atoms with Crippen molar-refractivity contribution < 1.29 is 9.18 Å². The molecule has 0 saturated carbocycles. The van der Waals surface area contributed by atoms with Gasteiger partial charge in [0.2, 0.25) is 5.91 Å². The summed E-state index contributed by atoms with van der Waals surface area (Å²) in [5.41, 5.74) is 0.0490. The highest BCUT2D eigenvalue weighted by atomic mass is 35.5. The van der Waals surface area contributed by atoms with Gasteiger partial charge in [-0.1, -0.05) is 31.5 Å². The number of nitrogens with one attached hydrogen (secondary N) is 1. The van der Waals surface area contributed by atoms with Gasteiger partial charge in [0, 0.05) is 5.92 Å². The molecular formula is C10H11ClFNO. The zero-order valence-electron chi connectivity index (χ0n) is 7.97. The summed E-state index contributed by atoms with van der Waals surface area (Å²) in [6.45, 7) is 3.45. The lowest BCUT2D eigenvalue weighted by Gasteiger charge is -2.09. The molecule has 0 spiro atoms. The highest BCUT2D eigenvalue weighted by molar-refractivity contribution is 6.33. The van der Waals surface area contributed by atoms with E-state index >= 15 is 0 Å². The molecule has 1 aromatic rings. The van der Waals surface area contributed by atoms with Crippen molar-refractivity contribution in [3.8, 4) is 0 Å². The minimum Gasteiger partial charge on any atom is -0.322 e. The van der Waals surface area contributed by atoms with Crippen molar-refractivity contribution in [2.45, 2.75) is 13.8 Å². The standard InChI is InChI=1S/C10H11ClFNO/c1-6(2)10(14)13-9-7(11)4-3-5-8(9)12/h3-6H,1-2H3,(H,13,14). The van der Waals surface area contributed by atoms with Gasteiger partial charge in [0.05, 0.1) is 10.7 Å². The molecule has 0 saturated heterocycles. The van der Waals surface area contributed by atoms with Crippen LogP contribution in [-0.4, -0.2) is 5.91 Å². The van der Waals surface area contributed by atoms with Crippen LogP contribution in [0.15, 0.2) is 18.2 Å². The number of carbonyl (C=O) groups excluding carboxylic acids is 1. The topological polar surface area (TPSA) is 29.1 Å². The number of hydrogen-bond acceptors (Lipinski definition) is 1. The number of rotatable bonds is 2. The zero-order valence-corrected chi connectivity index (χ0v) is 8.73. The Bertz CT molecular complexity index is 332. The smallest absolute Gasteiger partial charge is 0.227 e. The van der Waals surface area contributed by atoms with Crippen LogP contribution >= 0.6 is 11.6 Å². The summed E-state index contributed by atoms with van der Waals surface area (Å²) in [5.74, 6) is -0.978. The van der Waals surface area contributed by atoms with Crippen LogP contribution < -0.4 is 5.32 Å². The van der Waals surface area contributed by atoms with Gasteiger partial charge in [-0.2, -0.15) is 0 Å². The van der Waals surface area contributed by atoms with Crippen LogP contribution in [0.1, 0.15) is 13.8 Å².